The van der Waals surface area contributed by atoms with Gasteiger partial charge in [0.2, 0.25) is 5.91 Å². The average molecular weight is 345 g/mol. The predicted octanol–water partition coefficient (Wildman–Crippen LogP) is 0.737. The van der Waals surface area contributed by atoms with Gasteiger partial charge in [-0.05, 0) is 31.9 Å². The van der Waals surface area contributed by atoms with E-state index in [2.05, 4.69) is 4.98 Å². The minimum atomic E-state index is -0.484. The third-order valence-corrected chi connectivity index (χ3v) is 5.50. The van der Waals surface area contributed by atoms with Gasteiger partial charge in [0.1, 0.15) is 5.82 Å². The Morgan fingerprint density at radius 3 is 2.60 bits per heavy atom. The van der Waals surface area contributed by atoms with Crippen molar-refractivity contribution in [2.24, 2.45) is 17.4 Å². The van der Waals surface area contributed by atoms with Gasteiger partial charge in [0.05, 0.1) is 11.5 Å². The van der Waals surface area contributed by atoms with Crippen LogP contribution in [0.3, 0.4) is 0 Å². The molecule has 0 radical (unpaired) electrons. The van der Waals surface area contributed by atoms with Crippen LogP contribution in [0.4, 0.5) is 5.82 Å². The van der Waals surface area contributed by atoms with Crippen molar-refractivity contribution < 1.29 is 9.59 Å². The highest BCUT2D eigenvalue weighted by atomic mass is 16.2. The van der Waals surface area contributed by atoms with E-state index in [0.717, 1.165) is 25.7 Å². The first-order valence-corrected chi connectivity index (χ1v) is 8.97. The lowest BCUT2D eigenvalue weighted by Crippen LogP contribution is -2.57. The second-order valence-corrected chi connectivity index (χ2v) is 7.36. The maximum Gasteiger partial charge on any atom is 0.252 e. The first kappa shape index (κ1) is 17.7. The number of nitrogens with two attached hydrogens (primary N) is 2. The molecule has 1 saturated heterocycles. The Morgan fingerprint density at radius 1 is 1.24 bits per heavy atom. The third-order valence-electron chi connectivity index (χ3n) is 5.50. The van der Waals surface area contributed by atoms with Crippen molar-refractivity contribution >= 4 is 17.6 Å². The molecule has 3 rings (SSSR count). The minimum absolute atomic E-state index is 0.0937. The molecule has 0 aromatic carbocycles. The monoisotopic (exact) mass is 345 g/mol. The Balaban J connectivity index is 1.66. The van der Waals surface area contributed by atoms with E-state index in [1.54, 1.807) is 18.3 Å². The zero-order valence-corrected chi connectivity index (χ0v) is 14.8. The van der Waals surface area contributed by atoms with Crippen LogP contribution in [0.25, 0.3) is 0 Å². The van der Waals surface area contributed by atoms with Crippen molar-refractivity contribution in [1.29, 1.82) is 0 Å². The molecule has 0 spiro atoms. The molecule has 7 heteroatoms. The summed E-state index contributed by atoms with van der Waals surface area (Å²) in [5.41, 5.74) is 11.8. The standard InChI is InChI=1S/C18H27N5O2/c1-18(20)7-3-2-6-14(18)17(25)23-11-9-22(10-12-23)16-13(15(19)24)5-4-8-21-16/h4-5,8,14H,2-3,6-7,9-12,20H2,1H3,(H2,19,24). The molecule has 2 amide bonds. The van der Waals surface area contributed by atoms with Crippen LogP contribution in [0.15, 0.2) is 18.3 Å². The molecule has 1 aromatic rings. The number of primary amides is 1. The van der Waals surface area contributed by atoms with Gasteiger partial charge in [0, 0.05) is 37.9 Å². The van der Waals surface area contributed by atoms with E-state index in [9.17, 15) is 9.59 Å². The highest BCUT2D eigenvalue weighted by Gasteiger charge is 2.40. The van der Waals surface area contributed by atoms with Gasteiger partial charge < -0.3 is 21.3 Å². The van der Waals surface area contributed by atoms with Crippen LogP contribution < -0.4 is 16.4 Å². The van der Waals surface area contributed by atoms with Gasteiger partial charge in [-0.3, -0.25) is 9.59 Å². The number of anilines is 1. The Bertz CT molecular complexity index is 653. The molecule has 0 bridgehead atoms. The van der Waals surface area contributed by atoms with Crippen molar-refractivity contribution in [3.8, 4) is 0 Å². The first-order chi connectivity index (χ1) is 11.9. The molecular weight excluding hydrogens is 318 g/mol. The molecule has 2 fully saturated rings. The lowest BCUT2D eigenvalue weighted by atomic mass is 9.74. The van der Waals surface area contributed by atoms with Crippen molar-refractivity contribution in [3.05, 3.63) is 23.9 Å². The largest absolute Gasteiger partial charge is 0.365 e. The maximum absolute atomic E-state index is 12.9. The summed E-state index contributed by atoms with van der Waals surface area (Å²) in [6, 6.07) is 3.39. The Labute approximate surface area is 148 Å². The van der Waals surface area contributed by atoms with Crippen molar-refractivity contribution in [2.45, 2.75) is 38.1 Å². The topological polar surface area (TPSA) is 106 Å². The molecular formula is C18H27N5O2. The van der Waals surface area contributed by atoms with Crippen molar-refractivity contribution in [2.75, 3.05) is 31.1 Å². The molecule has 25 heavy (non-hydrogen) atoms. The predicted molar refractivity (Wildman–Crippen MR) is 96.1 cm³/mol. The van der Waals surface area contributed by atoms with Crippen molar-refractivity contribution in [3.63, 3.8) is 0 Å². The summed E-state index contributed by atoms with van der Waals surface area (Å²) in [6.45, 7) is 4.49. The normalized spacial score (nSPS) is 27.2. The second kappa shape index (κ2) is 7.00. The van der Waals surface area contributed by atoms with E-state index in [1.165, 1.54) is 0 Å². The first-order valence-electron chi connectivity index (χ1n) is 8.97. The molecule has 1 aromatic heterocycles. The van der Waals surface area contributed by atoms with Crippen LogP contribution >= 0.6 is 0 Å². The molecule has 1 aliphatic carbocycles. The number of piperazine rings is 1. The number of hydrogen-bond acceptors (Lipinski definition) is 5. The molecule has 2 aliphatic rings. The molecule has 1 aliphatic heterocycles. The fourth-order valence-corrected chi connectivity index (χ4v) is 3.96. The lowest BCUT2D eigenvalue weighted by molar-refractivity contribution is -0.139. The summed E-state index contributed by atoms with van der Waals surface area (Å²) in [5.74, 6) is 0.190. The molecule has 136 valence electrons. The maximum atomic E-state index is 12.9. The van der Waals surface area contributed by atoms with Gasteiger partial charge in [-0.25, -0.2) is 4.98 Å². The summed E-state index contributed by atoms with van der Waals surface area (Å²) in [6.07, 6.45) is 5.60. The van der Waals surface area contributed by atoms with Gasteiger partial charge in [-0.15, -0.1) is 0 Å². The number of carbonyl (C=O) groups excluding carboxylic acids is 2. The average Bonchev–Trinajstić information content (AvgIpc) is 2.61. The van der Waals surface area contributed by atoms with Gasteiger partial charge in [-0.2, -0.15) is 0 Å². The van der Waals surface area contributed by atoms with E-state index in [0.29, 0.717) is 37.6 Å². The van der Waals surface area contributed by atoms with Gasteiger partial charge in [0.15, 0.2) is 0 Å². The zero-order chi connectivity index (χ0) is 18.0. The fraction of sp³-hybridized carbons (Fsp3) is 0.611. The summed E-state index contributed by atoms with van der Waals surface area (Å²) >= 11 is 0. The number of nitrogens with zero attached hydrogens (tertiary/aromatic N) is 3. The molecule has 7 nitrogen and oxygen atoms in total. The number of amides is 2. The van der Waals surface area contributed by atoms with Gasteiger partial charge in [-0.1, -0.05) is 12.8 Å². The number of rotatable bonds is 3. The van der Waals surface area contributed by atoms with Crippen LogP contribution in [0, 0.1) is 5.92 Å². The summed E-state index contributed by atoms with van der Waals surface area (Å²) < 4.78 is 0. The molecule has 4 N–H and O–H groups in total. The van der Waals surface area contributed by atoms with E-state index in [4.69, 9.17) is 11.5 Å². The Hall–Kier alpha value is -2.15. The molecule has 1 saturated carbocycles. The minimum Gasteiger partial charge on any atom is -0.365 e. The number of aromatic nitrogens is 1. The highest BCUT2D eigenvalue weighted by molar-refractivity contribution is 5.97. The third kappa shape index (κ3) is 3.61. The van der Waals surface area contributed by atoms with Crippen LogP contribution in [-0.4, -0.2) is 53.4 Å². The second-order valence-electron chi connectivity index (χ2n) is 7.36. The zero-order valence-electron chi connectivity index (χ0n) is 14.8. The fourth-order valence-electron chi connectivity index (χ4n) is 3.96. The van der Waals surface area contributed by atoms with Crippen LogP contribution in [0.2, 0.25) is 0 Å². The Morgan fingerprint density at radius 2 is 1.96 bits per heavy atom. The summed E-state index contributed by atoms with van der Waals surface area (Å²) in [5, 5.41) is 0. The molecule has 2 heterocycles. The molecule has 2 atom stereocenters. The van der Waals surface area contributed by atoms with E-state index >= 15 is 0 Å². The van der Waals surface area contributed by atoms with Crippen molar-refractivity contribution in [1.82, 2.24) is 9.88 Å². The highest BCUT2D eigenvalue weighted by Crippen LogP contribution is 2.33. The van der Waals surface area contributed by atoms with Gasteiger partial charge >= 0.3 is 0 Å². The Kier molecular flexibility index (Phi) is 4.94. The summed E-state index contributed by atoms with van der Waals surface area (Å²) in [7, 11) is 0. The lowest BCUT2D eigenvalue weighted by Gasteiger charge is -2.42. The smallest absolute Gasteiger partial charge is 0.252 e. The van der Waals surface area contributed by atoms with Crippen LogP contribution in [0.1, 0.15) is 43.0 Å². The van der Waals surface area contributed by atoms with E-state index < -0.39 is 11.4 Å². The van der Waals surface area contributed by atoms with E-state index in [1.807, 2.05) is 16.7 Å². The van der Waals surface area contributed by atoms with E-state index in [-0.39, 0.29) is 11.8 Å². The van der Waals surface area contributed by atoms with Gasteiger partial charge in [0.25, 0.3) is 5.91 Å². The summed E-state index contributed by atoms with van der Waals surface area (Å²) in [4.78, 5) is 32.8. The number of pyridine rings is 1. The van der Waals surface area contributed by atoms with Crippen LogP contribution in [0.5, 0.6) is 0 Å². The SMILES string of the molecule is CC1(N)CCCCC1C(=O)N1CCN(c2ncccc2C(N)=O)CC1. The number of carbonyl (C=O) groups is 2. The van der Waals surface area contributed by atoms with Crippen LogP contribution in [-0.2, 0) is 4.79 Å². The quantitative estimate of drug-likeness (QED) is 0.840. The molecule has 2 unspecified atom stereocenters. The number of hydrogen-bond donors (Lipinski definition) is 2.